The van der Waals surface area contributed by atoms with E-state index < -0.39 is 10.0 Å². The topological polar surface area (TPSA) is 77.8 Å². The smallest absolute Gasteiger partial charge is 0.252 e. The first-order chi connectivity index (χ1) is 8.06. The first-order valence-corrected chi connectivity index (χ1v) is 7.28. The van der Waals surface area contributed by atoms with Crippen molar-refractivity contribution < 1.29 is 18.6 Å². The maximum Gasteiger partial charge on any atom is 0.252 e. The van der Waals surface area contributed by atoms with Crippen molar-refractivity contribution in [1.29, 1.82) is 0 Å². The number of aliphatic hydroxyl groups is 2. The molecule has 0 saturated carbocycles. The zero-order valence-corrected chi connectivity index (χ0v) is 10.9. The van der Waals surface area contributed by atoms with Crippen LogP contribution in [0.25, 0.3) is 0 Å². The first kappa shape index (κ1) is 14.3. The Morgan fingerprint density at radius 1 is 1.47 bits per heavy atom. The van der Waals surface area contributed by atoms with Gasteiger partial charge in [-0.15, -0.1) is 17.9 Å². The molecule has 0 saturated heterocycles. The van der Waals surface area contributed by atoms with Gasteiger partial charge in [-0.05, 0) is 17.0 Å². The molecule has 96 valence electrons. The van der Waals surface area contributed by atoms with E-state index in [1.807, 2.05) is 0 Å². The molecule has 7 heteroatoms. The molecule has 0 aliphatic heterocycles. The van der Waals surface area contributed by atoms with Crippen molar-refractivity contribution in [2.24, 2.45) is 0 Å². The third kappa shape index (κ3) is 3.36. The van der Waals surface area contributed by atoms with Gasteiger partial charge >= 0.3 is 0 Å². The molecule has 1 heterocycles. The number of hydrogen-bond acceptors (Lipinski definition) is 5. The summed E-state index contributed by atoms with van der Waals surface area (Å²) in [4.78, 5) is 0. The first-order valence-electron chi connectivity index (χ1n) is 4.96. The molecule has 0 aromatic carbocycles. The summed E-state index contributed by atoms with van der Waals surface area (Å²) in [6.45, 7) is 3.23. The Bertz CT molecular complexity index is 466. The van der Waals surface area contributed by atoms with Gasteiger partial charge in [0.05, 0.1) is 13.2 Å². The lowest BCUT2D eigenvalue weighted by Crippen LogP contribution is -2.33. The van der Waals surface area contributed by atoms with Gasteiger partial charge in [0.1, 0.15) is 4.21 Å². The lowest BCUT2D eigenvalue weighted by Gasteiger charge is -2.18. The summed E-state index contributed by atoms with van der Waals surface area (Å²) < 4.78 is 25.6. The van der Waals surface area contributed by atoms with Gasteiger partial charge in [-0.1, -0.05) is 6.08 Å². The molecule has 0 atom stereocenters. The Labute approximate surface area is 105 Å². The standard InChI is InChI=1S/C10H15NO4S2/c1-2-3-11(4-5-12)17(14,15)10-6-9(7-13)8-16-10/h2,6,8,12-13H,1,3-5,7H2. The Kier molecular flexibility index (Phi) is 5.29. The van der Waals surface area contributed by atoms with E-state index in [1.165, 1.54) is 12.1 Å². The van der Waals surface area contributed by atoms with Crippen LogP contribution in [0.1, 0.15) is 5.56 Å². The van der Waals surface area contributed by atoms with Crippen LogP contribution in [0.15, 0.2) is 28.3 Å². The van der Waals surface area contributed by atoms with Crippen LogP contribution < -0.4 is 0 Å². The van der Waals surface area contributed by atoms with Crippen molar-refractivity contribution in [3.8, 4) is 0 Å². The maximum atomic E-state index is 12.1. The fourth-order valence-electron chi connectivity index (χ4n) is 1.26. The summed E-state index contributed by atoms with van der Waals surface area (Å²) in [5.74, 6) is 0. The van der Waals surface area contributed by atoms with Crippen molar-refractivity contribution >= 4 is 21.4 Å². The highest BCUT2D eigenvalue weighted by molar-refractivity contribution is 7.91. The average Bonchev–Trinajstić information content (AvgIpc) is 2.78. The average molecular weight is 277 g/mol. The van der Waals surface area contributed by atoms with Crippen LogP contribution in [0.3, 0.4) is 0 Å². The number of thiophene rings is 1. The molecule has 0 aliphatic carbocycles. The van der Waals surface area contributed by atoms with E-state index in [0.717, 1.165) is 15.6 Å². The molecule has 1 aromatic heterocycles. The fraction of sp³-hybridized carbons (Fsp3) is 0.400. The highest BCUT2D eigenvalue weighted by Gasteiger charge is 2.24. The Morgan fingerprint density at radius 2 is 2.18 bits per heavy atom. The van der Waals surface area contributed by atoms with E-state index in [4.69, 9.17) is 10.2 Å². The minimum Gasteiger partial charge on any atom is -0.395 e. The van der Waals surface area contributed by atoms with Crippen molar-refractivity contribution in [2.75, 3.05) is 19.7 Å². The van der Waals surface area contributed by atoms with Crippen LogP contribution in [0.5, 0.6) is 0 Å². The summed E-state index contributed by atoms with van der Waals surface area (Å²) in [6.07, 6.45) is 1.47. The second-order valence-corrected chi connectivity index (χ2v) is 6.38. The number of sulfonamides is 1. The second-order valence-electron chi connectivity index (χ2n) is 3.31. The molecule has 0 unspecified atom stereocenters. The van der Waals surface area contributed by atoms with Crippen molar-refractivity contribution in [1.82, 2.24) is 4.31 Å². The molecule has 1 rings (SSSR count). The molecule has 0 bridgehead atoms. The highest BCUT2D eigenvalue weighted by atomic mass is 32.2. The van der Waals surface area contributed by atoms with E-state index in [-0.39, 0.29) is 30.5 Å². The number of aliphatic hydroxyl groups excluding tert-OH is 2. The van der Waals surface area contributed by atoms with Gasteiger partial charge in [-0.2, -0.15) is 4.31 Å². The SMILES string of the molecule is C=CCN(CCO)S(=O)(=O)c1cc(CO)cs1. The van der Waals surface area contributed by atoms with Gasteiger partial charge in [-0.3, -0.25) is 0 Å². The molecule has 1 aromatic rings. The molecule has 0 radical (unpaired) electrons. The van der Waals surface area contributed by atoms with Crippen LogP contribution in [-0.4, -0.2) is 42.6 Å². The normalized spacial score (nSPS) is 11.9. The molecule has 0 spiro atoms. The van der Waals surface area contributed by atoms with Gasteiger partial charge in [0.25, 0.3) is 10.0 Å². The lowest BCUT2D eigenvalue weighted by atomic mass is 10.4. The fourth-order valence-corrected chi connectivity index (χ4v) is 4.02. The van der Waals surface area contributed by atoms with Crippen LogP contribution in [0.4, 0.5) is 0 Å². The zero-order valence-electron chi connectivity index (χ0n) is 9.24. The number of rotatable bonds is 7. The predicted octanol–water partition coefficient (Wildman–Crippen LogP) is 0.409. The molecule has 5 nitrogen and oxygen atoms in total. The van der Waals surface area contributed by atoms with E-state index in [0.29, 0.717) is 5.56 Å². The number of hydrogen-bond donors (Lipinski definition) is 2. The van der Waals surface area contributed by atoms with Crippen LogP contribution in [-0.2, 0) is 16.6 Å². The summed E-state index contributed by atoms with van der Waals surface area (Å²) in [5, 5.41) is 19.3. The highest BCUT2D eigenvalue weighted by Crippen LogP contribution is 2.23. The largest absolute Gasteiger partial charge is 0.395 e. The van der Waals surface area contributed by atoms with Crippen LogP contribution >= 0.6 is 11.3 Å². The predicted molar refractivity (Wildman–Crippen MR) is 66.3 cm³/mol. The minimum atomic E-state index is -3.61. The van der Waals surface area contributed by atoms with Gasteiger partial charge in [0, 0.05) is 13.1 Å². The van der Waals surface area contributed by atoms with Gasteiger partial charge in [0.15, 0.2) is 0 Å². The Morgan fingerprint density at radius 3 is 2.65 bits per heavy atom. The Hall–Kier alpha value is -0.730. The third-order valence-electron chi connectivity index (χ3n) is 2.09. The molecule has 2 N–H and O–H groups in total. The van der Waals surface area contributed by atoms with E-state index in [1.54, 1.807) is 5.38 Å². The molecule has 0 fully saturated rings. The lowest BCUT2D eigenvalue weighted by molar-refractivity contribution is 0.260. The zero-order chi connectivity index (χ0) is 12.9. The van der Waals surface area contributed by atoms with Crippen molar-refractivity contribution in [2.45, 2.75) is 10.8 Å². The van der Waals surface area contributed by atoms with Crippen molar-refractivity contribution in [3.05, 3.63) is 29.7 Å². The Balaban J connectivity index is 3.02. The summed E-state index contributed by atoms with van der Waals surface area (Å²) in [6, 6.07) is 1.44. The van der Waals surface area contributed by atoms with E-state index in [9.17, 15) is 8.42 Å². The van der Waals surface area contributed by atoms with E-state index in [2.05, 4.69) is 6.58 Å². The molecule has 17 heavy (non-hydrogen) atoms. The monoisotopic (exact) mass is 277 g/mol. The summed E-state index contributed by atoms with van der Waals surface area (Å²) in [7, 11) is -3.61. The summed E-state index contributed by atoms with van der Waals surface area (Å²) in [5.41, 5.74) is 0.566. The van der Waals surface area contributed by atoms with Gasteiger partial charge in [-0.25, -0.2) is 8.42 Å². The quantitative estimate of drug-likeness (QED) is 0.708. The third-order valence-corrected chi connectivity index (χ3v) is 5.42. The van der Waals surface area contributed by atoms with E-state index >= 15 is 0 Å². The van der Waals surface area contributed by atoms with Crippen molar-refractivity contribution in [3.63, 3.8) is 0 Å². The molecule has 0 aliphatic rings. The molecular formula is C10H15NO4S2. The minimum absolute atomic E-state index is 0.0285. The molecular weight excluding hydrogens is 262 g/mol. The number of nitrogens with zero attached hydrogens (tertiary/aromatic N) is 1. The maximum absolute atomic E-state index is 12.1. The molecule has 0 amide bonds. The van der Waals surface area contributed by atoms with Crippen LogP contribution in [0, 0.1) is 0 Å². The van der Waals surface area contributed by atoms with Gasteiger partial charge < -0.3 is 10.2 Å². The summed E-state index contributed by atoms with van der Waals surface area (Å²) >= 11 is 1.06. The van der Waals surface area contributed by atoms with Crippen LogP contribution in [0.2, 0.25) is 0 Å². The van der Waals surface area contributed by atoms with Gasteiger partial charge in [0.2, 0.25) is 0 Å². The second kappa shape index (κ2) is 6.27.